The van der Waals surface area contributed by atoms with Crippen LogP contribution in [0.5, 0.6) is 0 Å². The van der Waals surface area contributed by atoms with Crippen LogP contribution in [0, 0.1) is 6.92 Å². The van der Waals surface area contributed by atoms with Crippen molar-refractivity contribution >= 4 is 16.0 Å². The molecule has 1 rings (SSSR count). The summed E-state index contributed by atoms with van der Waals surface area (Å²) in [6.07, 6.45) is 3.82. The third-order valence-electron chi connectivity index (χ3n) is 1.67. The van der Waals surface area contributed by atoms with Crippen LogP contribution in [0.2, 0.25) is 0 Å². The highest BCUT2D eigenvalue weighted by Gasteiger charge is 2.01. The van der Waals surface area contributed by atoms with E-state index in [0.717, 1.165) is 5.56 Å². The molecular formula is C8H14N4O2S. The molecule has 1 aromatic heterocycles. The lowest BCUT2D eigenvalue weighted by atomic mass is 10.4. The quantitative estimate of drug-likeness (QED) is 0.687. The van der Waals surface area contributed by atoms with E-state index in [2.05, 4.69) is 15.3 Å². The van der Waals surface area contributed by atoms with Crippen molar-refractivity contribution in [1.29, 1.82) is 0 Å². The lowest BCUT2D eigenvalue weighted by Gasteiger charge is -2.03. The summed E-state index contributed by atoms with van der Waals surface area (Å²) in [5.41, 5.74) is 0.977. The zero-order chi connectivity index (χ0) is 11.3. The van der Waals surface area contributed by atoms with Gasteiger partial charge in [-0.2, -0.15) is 0 Å². The number of hydrogen-bond donors (Lipinski definition) is 2. The number of rotatable bonds is 5. The number of nitrogens with zero attached hydrogens (tertiary/aromatic N) is 2. The molecule has 0 fully saturated rings. The highest BCUT2D eigenvalue weighted by molar-refractivity contribution is 7.89. The van der Waals surface area contributed by atoms with Gasteiger partial charge in [0.15, 0.2) is 0 Å². The van der Waals surface area contributed by atoms with E-state index in [1.165, 1.54) is 0 Å². The lowest BCUT2D eigenvalue weighted by Crippen LogP contribution is -2.19. The van der Waals surface area contributed by atoms with Crippen molar-refractivity contribution in [2.24, 2.45) is 5.14 Å². The summed E-state index contributed by atoms with van der Waals surface area (Å²) in [6.45, 7) is 2.38. The Hall–Kier alpha value is -1.21. The summed E-state index contributed by atoms with van der Waals surface area (Å²) < 4.78 is 21.2. The molecule has 0 aliphatic carbocycles. The number of sulfonamides is 1. The number of nitrogens with one attached hydrogen (secondary N) is 1. The fourth-order valence-electron chi connectivity index (χ4n) is 0.957. The summed E-state index contributed by atoms with van der Waals surface area (Å²) >= 11 is 0. The fourth-order valence-corrected chi connectivity index (χ4v) is 1.50. The summed E-state index contributed by atoms with van der Waals surface area (Å²) in [6, 6.07) is 0. The summed E-state index contributed by atoms with van der Waals surface area (Å²) in [5.74, 6) is 0.460. The molecule has 0 unspecified atom stereocenters. The Bertz CT molecular complexity index is 401. The topological polar surface area (TPSA) is 98.0 Å². The molecule has 0 aromatic carbocycles. The van der Waals surface area contributed by atoms with Crippen LogP contribution in [0.15, 0.2) is 12.4 Å². The van der Waals surface area contributed by atoms with Crippen molar-refractivity contribution in [3.8, 4) is 0 Å². The molecule has 6 nitrogen and oxygen atoms in total. The molecule has 0 aliphatic heterocycles. The van der Waals surface area contributed by atoms with Crippen LogP contribution < -0.4 is 10.5 Å². The van der Waals surface area contributed by atoms with Crippen LogP contribution in [0.1, 0.15) is 12.0 Å². The third kappa shape index (κ3) is 5.28. The van der Waals surface area contributed by atoms with E-state index in [1.807, 2.05) is 6.92 Å². The minimum atomic E-state index is -3.37. The third-order valence-corrected chi connectivity index (χ3v) is 2.53. The molecule has 0 aliphatic rings. The molecule has 7 heteroatoms. The molecular weight excluding hydrogens is 216 g/mol. The van der Waals surface area contributed by atoms with Gasteiger partial charge in [0.25, 0.3) is 0 Å². The molecule has 0 amide bonds. The highest BCUT2D eigenvalue weighted by Crippen LogP contribution is 1.98. The number of aryl methyl sites for hydroxylation is 1. The van der Waals surface area contributed by atoms with Gasteiger partial charge in [0, 0.05) is 18.9 Å². The lowest BCUT2D eigenvalue weighted by molar-refractivity contribution is 0.595. The first kappa shape index (κ1) is 11.9. The zero-order valence-corrected chi connectivity index (χ0v) is 9.29. The van der Waals surface area contributed by atoms with Gasteiger partial charge in [-0.25, -0.2) is 23.5 Å². The van der Waals surface area contributed by atoms with Gasteiger partial charge >= 0.3 is 0 Å². The first-order valence-electron chi connectivity index (χ1n) is 4.50. The molecule has 0 bridgehead atoms. The minimum Gasteiger partial charge on any atom is -0.354 e. The van der Waals surface area contributed by atoms with E-state index in [9.17, 15) is 8.42 Å². The van der Waals surface area contributed by atoms with E-state index in [-0.39, 0.29) is 5.75 Å². The van der Waals surface area contributed by atoms with Crippen molar-refractivity contribution in [3.63, 3.8) is 0 Å². The normalized spacial score (nSPS) is 11.3. The molecule has 1 heterocycles. The van der Waals surface area contributed by atoms with Gasteiger partial charge < -0.3 is 5.32 Å². The minimum absolute atomic E-state index is 0.0359. The summed E-state index contributed by atoms with van der Waals surface area (Å²) in [4.78, 5) is 8.02. The number of aromatic nitrogens is 2. The number of anilines is 1. The molecule has 0 radical (unpaired) electrons. The Morgan fingerprint density at radius 2 is 2.00 bits per heavy atom. The van der Waals surface area contributed by atoms with Crippen LogP contribution >= 0.6 is 0 Å². The van der Waals surface area contributed by atoms with Gasteiger partial charge in [0.2, 0.25) is 16.0 Å². The fraction of sp³-hybridized carbons (Fsp3) is 0.500. The zero-order valence-electron chi connectivity index (χ0n) is 8.47. The first-order chi connectivity index (χ1) is 6.97. The molecule has 84 valence electrons. The summed E-state index contributed by atoms with van der Waals surface area (Å²) in [5, 5.41) is 7.75. The molecule has 0 spiro atoms. The Balaban J connectivity index is 2.29. The van der Waals surface area contributed by atoms with Gasteiger partial charge in [-0.1, -0.05) is 0 Å². The van der Waals surface area contributed by atoms with Crippen molar-refractivity contribution in [3.05, 3.63) is 18.0 Å². The van der Waals surface area contributed by atoms with Gasteiger partial charge in [0.1, 0.15) is 0 Å². The predicted octanol–water partition coefficient (Wildman–Crippen LogP) is -0.124. The van der Waals surface area contributed by atoms with Crippen LogP contribution in [0.3, 0.4) is 0 Å². The molecule has 1 aromatic rings. The Morgan fingerprint density at radius 3 is 2.53 bits per heavy atom. The largest absolute Gasteiger partial charge is 0.354 e. The molecule has 0 saturated heterocycles. The Labute approximate surface area is 89.0 Å². The maximum Gasteiger partial charge on any atom is 0.222 e. The molecule has 15 heavy (non-hydrogen) atoms. The SMILES string of the molecule is Cc1cnc(NCCCS(N)(=O)=O)nc1. The van der Waals surface area contributed by atoms with Crippen molar-refractivity contribution in [2.45, 2.75) is 13.3 Å². The highest BCUT2D eigenvalue weighted by atomic mass is 32.2. The molecule has 0 atom stereocenters. The van der Waals surface area contributed by atoms with Crippen molar-refractivity contribution in [1.82, 2.24) is 9.97 Å². The van der Waals surface area contributed by atoms with Gasteiger partial charge in [0.05, 0.1) is 5.75 Å². The first-order valence-corrected chi connectivity index (χ1v) is 6.22. The predicted molar refractivity (Wildman–Crippen MR) is 57.8 cm³/mol. The standard InChI is InChI=1S/C8H14N4O2S/c1-7-5-11-8(12-6-7)10-3-2-4-15(9,13)14/h5-6H,2-4H2,1H3,(H2,9,13,14)(H,10,11,12). The van der Waals surface area contributed by atoms with E-state index >= 15 is 0 Å². The maximum absolute atomic E-state index is 10.6. The maximum atomic E-state index is 10.6. The smallest absolute Gasteiger partial charge is 0.222 e. The molecule has 3 N–H and O–H groups in total. The van der Waals surface area contributed by atoms with Crippen LogP contribution in [0.25, 0.3) is 0 Å². The number of nitrogens with two attached hydrogens (primary N) is 1. The van der Waals surface area contributed by atoms with Crippen molar-refractivity contribution in [2.75, 3.05) is 17.6 Å². The van der Waals surface area contributed by atoms with Crippen LogP contribution in [-0.4, -0.2) is 30.7 Å². The average molecular weight is 230 g/mol. The Kier molecular flexibility index (Phi) is 3.98. The van der Waals surface area contributed by atoms with E-state index in [4.69, 9.17) is 5.14 Å². The monoisotopic (exact) mass is 230 g/mol. The second kappa shape index (κ2) is 5.04. The van der Waals surface area contributed by atoms with E-state index in [1.54, 1.807) is 12.4 Å². The van der Waals surface area contributed by atoms with Crippen LogP contribution in [-0.2, 0) is 10.0 Å². The van der Waals surface area contributed by atoms with E-state index < -0.39 is 10.0 Å². The van der Waals surface area contributed by atoms with E-state index in [0.29, 0.717) is 18.9 Å². The molecule has 0 saturated carbocycles. The van der Waals surface area contributed by atoms with Crippen molar-refractivity contribution < 1.29 is 8.42 Å². The second-order valence-corrected chi connectivity index (χ2v) is 4.97. The number of hydrogen-bond acceptors (Lipinski definition) is 5. The van der Waals surface area contributed by atoms with Gasteiger partial charge in [-0.15, -0.1) is 0 Å². The Morgan fingerprint density at radius 1 is 1.40 bits per heavy atom. The van der Waals surface area contributed by atoms with Gasteiger partial charge in [-0.3, -0.25) is 0 Å². The second-order valence-electron chi connectivity index (χ2n) is 3.23. The van der Waals surface area contributed by atoms with Gasteiger partial charge in [-0.05, 0) is 18.9 Å². The average Bonchev–Trinajstić information content (AvgIpc) is 2.14. The van der Waals surface area contributed by atoms with Crippen LogP contribution in [0.4, 0.5) is 5.95 Å². The summed E-state index contributed by atoms with van der Waals surface area (Å²) in [7, 11) is -3.37. The number of primary sulfonamides is 1.